The van der Waals surface area contributed by atoms with Gasteiger partial charge in [0.25, 0.3) is 0 Å². The highest BCUT2D eigenvalue weighted by Crippen LogP contribution is 2.22. The minimum Gasteiger partial charge on any atom is -0.340 e. The van der Waals surface area contributed by atoms with Gasteiger partial charge in [0.05, 0.1) is 24.0 Å². The molecule has 7 heteroatoms. The maximum atomic E-state index is 12.7. The molecule has 1 aliphatic rings. The molecule has 0 spiro atoms. The van der Waals surface area contributed by atoms with Gasteiger partial charge in [0, 0.05) is 62.3 Å². The Kier molecular flexibility index (Phi) is 4.61. The van der Waals surface area contributed by atoms with Crippen molar-refractivity contribution in [2.75, 3.05) is 26.7 Å². The van der Waals surface area contributed by atoms with Crippen LogP contribution in [0.15, 0.2) is 36.9 Å². The Labute approximate surface area is 158 Å². The third-order valence-corrected chi connectivity index (χ3v) is 5.31. The van der Waals surface area contributed by atoms with E-state index in [1.165, 1.54) is 0 Å². The predicted molar refractivity (Wildman–Crippen MR) is 104 cm³/mol. The Morgan fingerprint density at radius 3 is 2.67 bits per heavy atom. The smallest absolute Gasteiger partial charge is 0.228 e. The number of hydrogen-bond donors (Lipinski definition) is 0. The van der Waals surface area contributed by atoms with Crippen LogP contribution in [0.2, 0.25) is 0 Å². The highest BCUT2D eigenvalue weighted by Gasteiger charge is 2.24. The molecule has 4 rings (SSSR count). The van der Waals surface area contributed by atoms with E-state index in [0.29, 0.717) is 12.5 Å². The minimum absolute atomic E-state index is 0.142. The summed E-state index contributed by atoms with van der Waals surface area (Å²) < 4.78 is 1.76. The fourth-order valence-corrected chi connectivity index (χ4v) is 3.43. The maximum absolute atomic E-state index is 12.7. The normalized spacial score (nSPS) is 18.2. The van der Waals surface area contributed by atoms with Crippen molar-refractivity contribution < 1.29 is 4.79 Å². The second-order valence-electron chi connectivity index (χ2n) is 7.34. The summed E-state index contributed by atoms with van der Waals surface area (Å²) in [5.74, 6) is 0.142. The van der Waals surface area contributed by atoms with Crippen LogP contribution in [0.25, 0.3) is 22.0 Å². The SMILES string of the molecule is C[C@@H]1CN(C(=O)Cc2cc3cc(-c4cnn(C)c4)ncc3cn2)CCN1C. The number of aryl methyl sites for hydroxylation is 1. The monoisotopic (exact) mass is 364 g/mol. The lowest BCUT2D eigenvalue weighted by Gasteiger charge is -2.37. The van der Waals surface area contributed by atoms with Crippen molar-refractivity contribution in [1.82, 2.24) is 29.5 Å². The van der Waals surface area contributed by atoms with E-state index in [4.69, 9.17) is 0 Å². The molecule has 0 N–H and O–H groups in total. The molecule has 1 amide bonds. The number of fused-ring (bicyclic) bond motifs is 1. The summed E-state index contributed by atoms with van der Waals surface area (Å²) in [5, 5.41) is 6.20. The molecule has 0 bridgehead atoms. The van der Waals surface area contributed by atoms with Gasteiger partial charge in [-0.2, -0.15) is 5.10 Å². The van der Waals surface area contributed by atoms with E-state index in [-0.39, 0.29) is 5.91 Å². The van der Waals surface area contributed by atoms with Gasteiger partial charge in [-0.25, -0.2) is 0 Å². The molecular formula is C20H24N6O. The minimum atomic E-state index is 0.142. The number of amides is 1. The number of rotatable bonds is 3. The Hall–Kier alpha value is -2.80. The van der Waals surface area contributed by atoms with Crippen molar-refractivity contribution in [3.8, 4) is 11.3 Å². The van der Waals surface area contributed by atoms with Gasteiger partial charge in [-0.15, -0.1) is 0 Å². The summed E-state index contributed by atoms with van der Waals surface area (Å²) in [5.41, 5.74) is 2.63. The number of piperazine rings is 1. The van der Waals surface area contributed by atoms with Crippen molar-refractivity contribution in [1.29, 1.82) is 0 Å². The highest BCUT2D eigenvalue weighted by atomic mass is 16.2. The fraction of sp³-hybridized carbons (Fsp3) is 0.400. The largest absolute Gasteiger partial charge is 0.340 e. The molecule has 3 aromatic rings. The first-order valence-corrected chi connectivity index (χ1v) is 9.21. The van der Waals surface area contributed by atoms with Crippen LogP contribution in [0.1, 0.15) is 12.6 Å². The third-order valence-electron chi connectivity index (χ3n) is 5.31. The van der Waals surface area contributed by atoms with E-state index < -0.39 is 0 Å². The Morgan fingerprint density at radius 2 is 1.93 bits per heavy atom. The average molecular weight is 364 g/mol. The van der Waals surface area contributed by atoms with Crippen molar-refractivity contribution in [2.45, 2.75) is 19.4 Å². The van der Waals surface area contributed by atoms with Gasteiger partial charge >= 0.3 is 0 Å². The molecule has 140 valence electrons. The molecule has 0 aliphatic carbocycles. The first-order chi connectivity index (χ1) is 13.0. The Morgan fingerprint density at radius 1 is 1.11 bits per heavy atom. The molecule has 1 aliphatic heterocycles. The fourth-order valence-electron chi connectivity index (χ4n) is 3.43. The number of carbonyl (C=O) groups is 1. The van der Waals surface area contributed by atoms with Crippen LogP contribution in [0.5, 0.6) is 0 Å². The second-order valence-corrected chi connectivity index (χ2v) is 7.34. The summed E-state index contributed by atoms with van der Waals surface area (Å²) in [4.78, 5) is 25.9. The standard InChI is InChI=1S/C20H24N6O/c1-14-12-26(5-4-24(14)2)20(27)8-18-6-15-7-19(17-11-23-25(3)13-17)22-10-16(15)9-21-18/h6-7,9-11,13-14H,4-5,8,12H2,1-3H3/t14-/m1/s1. The van der Waals surface area contributed by atoms with Crippen molar-refractivity contribution in [3.05, 3.63) is 42.6 Å². The number of likely N-dealkylation sites (N-methyl/N-ethyl adjacent to an activating group) is 1. The molecule has 0 unspecified atom stereocenters. The van der Waals surface area contributed by atoms with Crippen LogP contribution in [0.3, 0.4) is 0 Å². The number of pyridine rings is 2. The lowest BCUT2D eigenvalue weighted by Crippen LogP contribution is -2.52. The second kappa shape index (κ2) is 7.08. The maximum Gasteiger partial charge on any atom is 0.228 e. The van der Waals surface area contributed by atoms with Crippen molar-refractivity contribution in [3.63, 3.8) is 0 Å². The Balaban J connectivity index is 1.54. The van der Waals surface area contributed by atoms with E-state index in [9.17, 15) is 4.79 Å². The Bertz CT molecular complexity index is 982. The number of nitrogens with zero attached hydrogens (tertiary/aromatic N) is 6. The number of carbonyl (C=O) groups excluding carboxylic acids is 1. The predicted octanol–water partition coefficient (Wildman–Crippen LogP) is 1.74. The summed E-state index contributed by atoms with van der Waals surface area (Å²) in [6, 6.07) is 4.41. The molecule has 27 heavy (non-hydrogen) atoms. The van der Waals surface area contributed by atoms with Crippen LogP contribution in [0.4, 0.5) is 0 Å². The zero-order chi connectivity index (χ0) is 19.0. The molecule has 0 radical (unpaired) electrons. The summed E-state index contributed by atoms with van der Waals surface area (Å²) in [6.07, 6.45) is 7.68. The molecule has 1 fully saturated rings. The first-order valence-electron chi connectivity index (χ1n) is 9.21. The van der Waals surface area contributed by atoms with E-state index in [1.807, 2.05) is 36.5 Å². The number of aromatic nitrogens is 4. The molecule has 1 atom stereocenters. The molecule has 0 saturated carbocycles. The van der Waals surface area contributed by atoms with E-state index in [2.05, 4.69) is 33.9 Å². The third kappa shape index (κ3) is 3.68. The van der Waals surface area contributed by atoms with Gasteiger partial charge in [-0.1, -0.05) is 0 Å². The van der Waals surface area contributed by atoms with Crippen molar-refractivity contribution >= 4 is 16.7 Å². The van der Waals surface area contributed by atoms with Crippen LogP contribution >= 0.6 is 0 Å². The molecule has 0 aromatic carbocycles. The van der Waals surface area contributed by atoms with Gasteiger partial charge in [0.2, 0.25) is 5.91 Å². The lowest BCUT2D eigenvalue weighted by molar-refractivity contribution is -0.133. The summed E-state index contributed by atoms with van der Waals surface area (Å²) in [6.45, 7) is 4.62. The van der Waals surface area contributed by atoms with Gasteiger partial charge in [-0.05, 0) is 31.5 Å². The van der Waals surface area contributed by atoms with Crippen LogP contribution < -0.4 is 0 Å². The molecule has 4 heterocycles. The summed E-state index contributed by atoms with van der Waals surface area (Å²) >= 11 is 0. The zero-order valence-electron chi connectivity index (χ0n) is 16.0. The molecular weight excluding hydrogens is 340 g/mol. The van der Waals surface area contributed by atoms with E-state index >= 15 is 0 Å². The van der Waals surface area contributed by atoms with E-state index in [1.54, 1.807) is 17.1 Å². The first kappa shape index (κ1) is 17.6. The van der Waals surface area contributed by atoms with Gasteiger partial charge < -0.3 is 9.80 Å². The van der Waals surface area contributed by atoms with Crippen LogP contribution in [-0.2, 0) is 18.3 Å². The van der Waals surface area contributed by atoms with Crippen LogP contribution in [0, 0.1) is 0 Å². The van der Waals surface area contributed by atoms with E-state index in [0.717, 1.165) is 47.4 Å². The summed E-state index contributed by atoms with van der Waals surface area (Å²) in [7, 11) is 3.99. The van der Waals surface area contributed by atoms with Gasteiger partial charge in [0.15, 0.2) is 0 Å². The van der Waals surface area contributed by atoms with Gasteiger partial charge in [0.1, 0.15) is 0 Å². The number of hydrogen-bond acceptors (Lipinski definition) is 5. The highest BCUT2D eigenvalue weighted by molar-refractivity contribution is 5.86. The molecule has 1 saturated heterocycles. The average Bonchev–Trinajstić information content (AvgIpc) is 3.09. The molecule has 7 nitrogen and oxygen atoms in total. The molecule has 3 aromatic heterocycles. The van der Waals surface area contributed by atoms with Gasteiger partial charge in [-0.3, -0.25) is 19.4 Å². The van der Waals surface area contributed by atoms with Crippen molar-refractivity contribution in [2.24, 2.45) is 7.05 Å². The van der Waals surface area contributed by atoms with Crippen LogP contribution in [-0.4, -0.2) is 68.2 Å². The lowest BCUT2D eigenvalue weighted by atomic mass is 10.1. The quantitative estimate of drug-likeness (QED) is 0.708. The topological polar surface area (TPSA) is 67.2 Å². The zero-order valence-corrected chi connectivity index (χ0v) is 16.0.